The fourth-order valence-electron chi connectivity index (χ4n) is 4.08. The van der Waals surface area contributed by atoms with Gasteiger partial charge in [0.15, 0.2) is 16.4 Å². The number of ether oxygens (including phenoxy) is 3. The predicted molar refractivity (Wildman–Crippen MR) is 144 cm³/mol. The van der Waals surface area contributed by atoms with Gasteiger partial charge in [0.25, 0.3) is 15.9 Å². The summed E-state index contributed by atoms with van der Waals surface area (Å²) in [6.45, 7) is 1.90. The maximum Gasteiger partial charge on any atom is 0.270 e. The standard InChI is InChI=1S/C27H27ClN2O6S/c1-18-22-15-24(34-2)25(35-3)16-23(22)30(17-19-7-5-4-6-8-19)37(32,33)26(18)27(31)29-13-14-36-21-11-9-20(28)10-12-21/h4-12,15-16H,13-14,17H2,1-3H3,(H,29,31). The first-order chi connectivity index (χ1) is 17.8. The Bertz CT molecular complexity index is 1420. The van der Waals surface area contributed by atoms with Crippen LogP contribution in [0.5, 0.6) is 17.2 Å². The van der Waals surface area contributed by atoms with Gasteiger partial charge in [0.05, 0.1) is 33.0 Å². The number of carbonyl (C=O) groups excluding carboxylic acids is 1. The van der Waals surface area contributed by atoms with Crippen LogP contribution in [0.1, 0.15) is 18.1 Å². The minimum atomic E-state index is -4.21. The second-order valence-electron chi connectivity index (χ2n) is 8.23. The number of amides is 1. The molecule has 3 aromatic rings. The molecule has 37 heavy (non-hydrogen) atoms. The number of benzene rings is 3. The van der Waals surface area contributed by atoms with Crippen LogP contribution in [0, 0.1) is 0 Å². The Morgan fingerprint density at radius 2 is 1.62 bits per heavy atom. The third-order valence-corrected chi connectivity index (χ3v) is 8.07. The van der Waals surface area contributed by atoms with Crippen LogP contribution < -0.4 is 23.8 Å². The number of halogens is 1. The maximum atomic E-state index is 13.9. The second-order valence-corrected chi connectivity index (χ2v) is 10.5. The quantitative estimate of drug-likeness (QED) is 0.396. The average molecular weight is 543 g/mol. The maximum absolute atomic E-state index is 13.9. The summed E-state index contributed by atoms with van der Waals surface area (Å²) < 4.78 is 45.4. The number of hydrogen-bond acceptors (Lipinski definition) is 6. The first-order valence-corrected chi connectivity index (χ1v) is 13.3. The van der Waals surface area contributed by atoms with Crippen LogP contribution in [0.3, 0.4) is 0 Å². The summed E-state index contributed by atoms with van der Waals surface area (Å²) in [5.41, 5.74) is 2.05. The van der Waals surface area contributed by atoms with E-state index in [4.69, 9.17) is 25.8 Å². The Labute approximate surface area is 221 Å². The molecule has 194 valence electrons. The number of rotatable bonds is 9. The molecule has 0 saturated heterocycles. The Balaban J connectivity index is 1.66. The van der Waals surface area contributed by atoms with Crippen molar-refractivity contribution in [2.24, 2.45) is 0 Å². The van der Waals surface area contributed by atoms with Crippen molar-refractivity contribution in [1.29, 1.82) is 0 Å². The van der Waals surface area contributed by atoms with Gasteiger partial charge < -0.3 is 19.5 Å². The highest BCUT2D eigenvalue weighted by atomic mass is 35.5. The van der Waals surface area contributed by atoms with E-state index in [-0.39, 0.29) is 24.6 Å². The molecule has 3 aromatic carbocycles. The zero-order chi connectivity index (χ0) is 26.6. The molecule has 10 heteroatoms. The van der Waals surface area contributed by atoms with E-state index >= 15 is 0 Å². The molecule has 1 aliphatic heterocycles. The normalized spacial score (nSPS) is 14.1. The van der Waals surface area contributed by atoms with Crippen molar-refractivity contribution in [1.82, 2.24) is 5.32 Å². The third kappa shape index (κ3) is 5.52. The van der Waals surface area contributed by atoms with Gasteiger partial charge in [0.2, 0.25) is 0 Å². The zero-order valence-electron chi connectivity index (χ0n) is 20.7. The molecule has 0 aromatic heterocycles. The monoisotopic (exact) mass is 542 g/mol. The van der Waals surface area contributed by atoms with Crippen LogP contribution in [-0.4, -0.2) is 41.7 Å². The van der Waals surface area contributed by atoms with E-state index in [0.717, 1.165) is 5.56 Å². The Morgan fingerprint density at radius 3 is 2.27 bits per heavy atom. The number of nitrogens with zero attached hydrogens (tertiary/aromatic N) is 1. The molecule has 0 unspecified atom stereocenters. The molecular formula is C27H27ClN2O6S. The Morgan fingerprint density at radius 1 is 0.973 bits per heavy atom. The van der Waals surface area contributed by atoms with Crippen molar-refractivity contribution < 1.29 is 27.4 Å². The molecule has 0 fully saturated rings. The van der Waals surface area contributed by atoms with E-state index < -0.39 is 15.9 Å². The number of anilines is 1. The number of methoxy groups -OCH3 is 2. The van der Waals surface area contributed by atoms with E-state index in [1.54, 1.807) is 43.3 Å². The summed E-state index contributed by atoms with van der Waals surface area (Å²) in [4.78, 5) is 12.9. The summed E-state index contributed by atoms with van der Waals surface area (Å²) >= 11 is 5.88. The zero-order valence-corrected chi connectivity index (χ0v) is 22.2. The summed E-state index contributed by atoms with van der Waals surface area (Å²) in [6, 6.07) is 19.3. The summed E-state index contributed by atoms with van der Waals surface area (Å²) in [5.74, 6) is 0.685. The van der Waals surface area contributed by atoms with E-state index in [9.17, 15) is 13.2 Å². The lowest BCUT2D eigenvalue weighted by Gasteiger charge is -2.33. The molecule has 1 N–H and O–H groups in total. The fraction of sp³-hybridized carbons (Fsp3) is 0.222. The van der Waals surface area contributed by atoms with E-state index in [2.05, 4.69) is 5.32 Å². The number of nitrogens with one attached hydrogen (secondary N) is 1. The number of sulfonamides is 1. The lowest BCUT2D eigenvalue weighted by atomic mass is 10.0. The smallest absolute Gasteiger partial charge is 0.270 e. The first kappa shape index (κ1) is 26.4. The van der Waals surface area contributed by atoms with Gasteiger partial charge in [-0.1, -0.05) is 41.9 Å². The minimum absolute atomic E-state index is 0.0371. The molecule has 0 atom stereocenters. The molecule has 0 bridgehead atoms. The third-order valence-electron chi connectivity index (χ3n) is 5.91. The molecular weight excluding hydrogens is 516 g/mol. The lowest BCUT2D eigenvalue weighted by Crippen LogP contribution is -2.41. The summed E-state index contributed by atoms with van der Waals surface area (Å²) in [7, 11) is -1.23. The average Bonchev–Trinajstić information content (AvgIpc) is 2.89. The molecule has 1 aliphatic rings. The first-order valence-electron chi connectivity index (χ1n) is 11.5. The van der Waals surface area contributed by atoms with Gasteiger partial charge in [-0.25, -0.2) is 8.42 Å². The van der Waals surface area contributed by atoms with Crippen molar-refractivity contribution in [3.8, 4) is 17.2 Å². The molecule has 1 amide bonds. The molecule has 0 saturated carbocycles. The number of allylic oxidation sites excluding steroid dienone is 1. The minimum Gasteiger partial charge on any atom is -0.493 e. The molecule has 0 aliphatic carbocycles. The topological polar surface area (TPSA) is 94.2 Å². The Kier molecular flexibility index (Phi) is 7.94. The van der Waals surface area contributed by atoms with Crippen molar-refractivity contribution in [3.63, 3.8) is 0 Å². The van der Waals surface area contributed by atoms with Gasteiger partial charge >= 0.3 is 0 Å². The van der Waals surface area contributed by atoms with Crippen molar-refractivity contribution in [3.05, 3.63) is 87.8 Å². The highest BCUT2D eigenvalue weighted by Gasteiger charge is 2.40. The van der Waals surface area contributed by atoms with Crippen LogP contribution >= 0.6 is 11.6 Å². The van der Waals surface area contributed by atoms with Gasteiger partial charge in [-0.05, 0) is 48.4 Å². The molecule has 1 heterocycles. The number of carbonyl (C=O) groups is 1. The SMILES string of the molecule is COc1cc2c(cc1OC)N(Cc1ccccc1)S(=O)(=O)C(C(=O)NCCOc1ccc(Cl)cc1)=C2C. The van der Waals surface area contributed by atoms with Crippen LogP contribution in [-0.2, 0) is 21.4 Å². The largest absolute Gasteiger partial charge is 0.493 e. The van der Waals surface area contributed by atoms with Crippen LogP contribution in [0.15, 0.2) is 71.6 Å². The Hall–Kier alpha value is -3.69. The number of hydrogen-bond donors (Lipinski definition) is 1. The van der Waals surface area contributed by atoms with Gasteiger partial charge in [-0.3, -0.25) is 9.10 Å². The molecule has 0 radical (unpaired) electrons. The van der Waals surface area contributed by atoms with E-state index in [0.29, 0.717) is 39.1 Å². The summed E-state index contributed by atoms with van der Waals surface area (Å²) in [6.07, 6.45) is 0. The lowest BCUT2D eigenvalue weighted by molar-refractivity contribution is -0.116. The van der Waals surface area contributed by atoms with Crippen molar-refractivity contribution in [2.45, 2.75) is 13.5 Å². The van der Waals surface area contributed by atoms with Crippen molar-refractivity contribution in [2.75, 3.05) is 31.7 Å². The van der Waals surface area contributed by atoms with Gasteiger partial charge in [-0.2, -0.15) is 0 Å². The van der Waals surface area contributed by atoms with Gasteiger partial charge in [0.1, 0.15) is 12.4 Å². The van der Waals surface area contributed by atoms with Crippen LogP contribution in [0.25, 0.3) is 5.57 Å². The highest BCUT2D eigenvalue weighted by Crippen LogP contribution is 2.45. The van der Waals surface area contributed by atoms with Gasteiger partial charge in [0, 0.05) is 16.7 Å². The second kappa shape index (κ2) is 11.1. The van der Waals surface area contributed by atoms with Crippen LogP contribution in [0.2, 0.25) is 5.02 Å². The van der Waals surface area contributed by atoms with Crippen LogP contribution in [0.4, 0.5) is 5.69 Å². The highest BCUT2D eigenvalue weighted by molar-refractivity contribution is 7.97. The fourth-order valence-corrected chi connectivity index (χ4v) is 5.96. The molecule has 4 rings (SSSR count). The molecule has 0 spiro atoms. The number of fused-ring (bicyclic) bond motifs is 1. The molecule has 8 nitrogen and oxygen atoms in total. The predicted octanol–water partition coefficient (Wildman–Crippen LogP) is 4.63. The van der Waals surface area contributed by atoms with E-state index in [1.165, 1.54) is 18.5 Å². The van der Waals surface area contributed by atoms with E-state index in [1.807, 2.05) is 30.3 Å². The van der Waals surface area contributed by atoms with Gasteiger partial charge in [-0.15, -0.1) is 0 Å². The summed E-state index contributed by atoms with van der Waals surface area (Å²) in [5, 5.41) is 3.26. The van der Waals surface area contributed by atoms with Crippen molar-refractivity contribution >= 4 is 38.8 Å².